The van der Waals surface area contributed by atoms with E-state index in [1.165, 1.54) is 11.1 Å². The first-order valence-corrected chi connectivity index (χ1v) is 7.80. The highest BCUT2D eigenvalue weighted by Gasteiger charge is 2.20. The van der Waals surface area contributed by atoms with E-state index < -0.39 is 0 Å². The lowest BCUT2D eigenvalue weighted by Crippen LogP contribution is -2.44. The van der Waals surface area contributed by atoms with E-state index >= 15 is 0 Å². The Hall–Kier alpha value is -0.870. The summed E-state index contributed by atoms with van der Waals surface area (Å²) in [5.41, 5.74) is 2.40. The maximum absolute atomic E-state index is 12.2. The van der Waals surface area contributed by atoms with Crippen LogP contribution in [0.4, 0.5) is 0 Å². The summed E-state index contributed by atoms with van der Waals surface area (Å²) in [6.45, 7) is 7.05. The van der Waals surface area contributed by atoms with E-state index in [2.05, 4.69) is 60.2 Å². The third-order valence-corrected chi connectivity index (χ3v) is 4.09. The normalized spacial score (nSPS) is 12.6. The molecule has 1 rings (SSSR count). The van der Waals surface area contributed by atoms with Crippen LogP contribution in [0.25, 0.3) is 0 Å². The predicted octanol–water partition coefficient (Wildman–Crippen LogP) is 3.35. The Morgan fingerprint density at radius 2 is 2.00 bits per heavy atom. The van der Waals surface area contributed by atoms with Crippen molar-refractivity contribution in [3.8, 4) is 0 Å². The zero-order valence-electron chi connectivity index (χ0n) is 13.0. The summed E-state index contributed by atoms with van der Waals surface area (Å²) in [6, 6.07) is 6.17. The van der Waals surface area contributed by atoms with Crippen LogP contribution in [0.5, 0.6) is 0 Å². The summed E-state index contributed by atoms with van der Waals surface area (Å²) in [7, 11) is 3.61. The van der Waals surface area contributed by atoms with Gasteiger partial charge in [0.1, 0.15) is 0 Å². The minimum atomic E-state index is -0.120. The zero-order chi connectivity index (χ0) is 15.3. The lowest BCUT2D eigenvalue weighted by Gasteiger charge is -2.23. The molecule has 4 heteroatoms. The number of nitrogens with zero attached hydrogens (tertiary/aromatic N) is 1. The van der Waals surface area contributed by atoms with Crippen LogP contribution in [0.2, 0.25) is 0 Å². The van der Waals surface area contributed by atoms with Gasteiger partial charge >= 0.3 is 0 Å². The molecule has 1 amide bonds. The van der Waals surface area contributed by atoms with Gasteiger partial charge in [-0.2, -0.15) is 0 Å². The van der Waals surface area contributed by atoms with E-state index in [1.807, 2.05) is 0 Å². The van der Waals surface area contributed by atoms with Gasteiger partial charge in [0.05, 0.1) is 6.04 Å². The molecule has 1 aromatic carbocycles. The Labute approximate surface area is 130 Å². The second-order valence-corrected chi connectivity index (χ2v) is 6.73. The summed E-state index contributed by atoms with van der Waals surface area (Å²) in [6.07, 6.45) is 0.851. The Morgan fingerprint density at radius 1 is 1.35 bits per heavy atom. The summed E-state index contributed by atoms with van der Waals surface area (Å²) >= 11 is 3.54. The van der Waals surface area contributed by atoms with Crippen molar-refractivity contribution in [3.63, 3.8) is 0 Å². The van der Waals surface area contributed by atoms with E-state index in [-0.39, 0.29) is 11.9 Å². The van der Waals surface area contributed by atoms with Crippen molar-refractivity contribution < 1.29 is 4.79 Å². The fourth-order valence-electron chi connectivity index (χ4n) is 2.04. The van der Waals surface area contributed by atoms with Crippen molar-refractivity contribution in [3.05, 3.63) is 33.8 Å². The van der Waals surface area contributed by atoms with Crippen molar-refractivity contribution in [1.29, 1.82) is 0 Å². The standard InChI is InChI=1S/C16H25BrN2O/c1-11(2)8-15(16(20)19(4)5)18-10-13-7-6-12(3)14(17)9-13/h6-7,9,11,15,18H,8,10H2,1-5H3. The quantitative estimate of drug-likeness (QED) is 0.861. The van der Waals surface area contributed by atoms with Crippen molar-refractivity contribution in [1.82, 2.24) is 10.2 Å². The number of nitrogens with one attached hydrogen (secondary N) is 1. The molecule has 1 atom stereocenters. The number of aryl methyl sites for hydroxylation is 1. The molecule has 0 radical (unpaired) electrons. The average molecular weight is 341 g/mol. The number of likely N-dealkylation sites (N-methyl/N-ethyl adjacent to an activating group) is 1. The molecule has 0 spiro atoms. The summed E-state index contributed by atoms with van der Waals surface area (Å²) in [4.78, 5) is 13.8. The molecule has 1 N–H and O–H groups in total. The Balaban J connectivity index is 2.70. The summed E-state index contributed by atoms with van der Waals surface area (Å²) in [5.74, 6) is 0.631. The number of carbonyl (C=O) groups is 1. The van der Waals surface area contributed by atoms with Crippen LogP contribution in [-0.2, 0) is 11.3 Å². The third kappa shape index (κ3) is 5.25. The highest BCUT2D eigenvalue weighted by molar-refractivity contribution is 9.10. The number of halogens is 1. The van der Waals surface area contributed by atoms with Gasteiger partial charge in [-0.25, -0.2) is 0 Å². The minimum Gasteiger partial charge on any atom is -0.347 e. The molecule has 112 valence electrons. The molecule has 0 aliphatic rings. The van der Waals surface area contributed by atoms with E-state index in [0.717, 1.165) is 10.9 Å². The van der Waals surface area contributed by atoms with Crippen LogP contribution in [-0.4, -0.2) is 30.9 Å². The molecule has 0 saturated carbocycles. The van der Waals surface area contributed by atoms with Gasteiger partial charge in [-0.15, -0.1) is 0 Å². The molecule has 0 saturated heterocycles. The predicted molar refractivity (Wildman–Crippen MR) is 87.7 cm³/mol. The molecule has 1 unspecified atom stereocenters. The van der Waals surface area contributed by atoms with Crippen LogP contribution < -0.4 is 5.32 Å². The molecular formula is C16H25BrN2O. The van der Waals surface area contributed by atoms with E-state index in [1.54, 1.807) is 19.0 Å². The first-order chi connectivity index (χ1) is 9.31. The number of amides is 1. The summed E-state index contributed by atoms with van der Waals surface area (Å²) < 4.78 is 1.11. The molecule has 0 fully saturated rings. The van der Waals surface area contributed by atoms with Crippen molar-refractivity contribution in [2.45, 2.75) is 39.8 Å². The van der Waals surface area contributed by atoms with Gasteiger partial charge in [0, 0.05) is 25.1 Å². The fourth-order valence-corrected chi connectivity index (χ4v) is 2.47. The Bertz CT molecular complexity index is 458. The second-order valence-electron chi connectivity index (χ2n) is 5.88. The monoisotopic (exact) mass is 340 g/mol. The van der Waals surface area contributed by atoms with E-state index in [9.17, 15) is 4.79 Å². The van der Waals surface area contributed by atoms with E-state index in [4.69, 9.17) is 0 Å². The zero-order valence-corrected chi connectivity index (χ0v) is 14.6. The molecule has 0 bridgehead atoms. The minimum absolute atomic E-state index is 0.120. The van der Waals surface area contributed by atoms with Crippen LogP contribution in [0, 0.1) is 12.8 Å². The molecule has 3 nitrogen and oxygen atoms in total. The highest BCUT2D eigenvalue weighted by atomic mass is 79.9. The van der Waals surface area contributed by atoms with Gasteiger partial charge in [0.25, 0.3) is 0 Å². The second kappa shape index (κ2) is 7.79. The van der Waals surface area contributed by atoms with Crippen LogP contribution in [0.1, 0.15) is 31.4 Å². The largest absolute Gasteiger partial charge is 0.347 e. The molecule has 0 heterocycles. The lowest BCUT2D eigenvalue weighted by molar-refractivity contribution is -0.131. The highest BCUT2D eigenvalue weighted by Crippen LogP contribution is 2.17. The first kappa shape index (κ1) is 17.2. The number of benzene rings is 1. The van der Waals surface area contributed by atoms with Gasteiger partial charge in [0.2, 0.25) is 5.91 Å². The van der Waals surface area contributed by atoms with Crippen LogP contribution in [0.3, 0.4) is 0 Å². The fraction of sp³-hybridized carbons (Fsp3) is 0.562. The molecule has 0 aromatic heterocycles. The number of hydrogen-bond donors (Lipinski definition) is 1. The number of hydrogen-bond acceptors (Lipinski definition) is 2. The van der Waals surface area contributed by atoms with Gasteiger partial charge < -0.3 is 10.2 Å². The van der Waals surface area contributed by atoms with Crippen LogP contribution in [0.15, 0.2) is 22.7 Å². The first-order valence-electron chi connectivity index (χ1n) is 7.00. The Morgan fingerprint density at radius 3 is 2.50 bits per heavy atom. The lowest BCUT2D eigenvalue weighted by atomic mass is 10.0. The van der Waals surface area contributed by atoms with Crippen molar-refractivity contribution >= 4 is 21.8 Å². The SMILES string of the molecule is Cc1ccc(CNC(CC(C)C)C(=O)N(C)C)cc1Br. The van der Waals surface area contributed by atoms with Crippen molar-refractivity contribution in [2.24, 2.45) is 5.92 Å². The van der Waals surface area contributed by atoms with Gasteiger partial charge in [-0.05, 0) is 36.5 Å². The number of rotatable bonds is 6. The third-order valence-electron chi connectivity index (χ3n) is 3.23. The average Bonchev–Trinajstić information content (AvgIpc) is 2.37. The maximum Gasteiger partial charge on any atom is 0.239 e. The maximum atomic E-state index is 12.2. The van der Waals surface area contributed by atoms with E-state index in [0.29, 0.717) is 12.5 Å². The van der Waals surface area contributed by atoms with Gasteiger partial charge in [-0.1, -0.05) is 41.9 Å². The molecule has 0 aliphatic heterocycles. The Kier molecular flexibility index (Phi) is 6.69. The molecule has 1 aromatic rings. The smallest absolute Gasteiger partial charge is 0.239 e. The molecule has 20 heavy (non-hydrogen) atoms. The molecular weight excluding hydrogens is 316 g/mol. The topological polar surface area (TPSA) is 32.3 Å². The van der Waals surface area contributed by atoms with Gasteiger partial charge in [-0.3, -0.25) is 4.79 Å². The summed E-state index contributed by atoms with van der Waals surface area (Å²) in [5, 5.41) is 3.38. The molecule has 0 aliphatic carbocycles. The number of carbonyl (C=O) groups excluding carboxylic acids is 1. The van der Waals surface area contributed by atoms with Crippen LogP contribution >= 0.6 is 15.9 Å². The van der Waals surface area contributed by atoms with Gasteiger partial charge in [0.15, 0.2) is 0 Å². The van der Waals surface area contributed by atoms with Crippen molar-refractivity contribution in [2.75, 3.05) is 14.1 Å².